The van der Waals surface area contributed by atoms with E-state index in [-0.39, 0.29) is 5.75 Å². The van der Waals surface area contributed by atoms with E-state index in [1.807, 2.05) is 0 Å². The molecule has 1 N–H and O–H groups in total. The first kappa shape index (κ1) is 14.9. The molecule has 0 aromatic heterocycles. The van der Waals surface area contributed by atoms with Crippen molar-refractivity contribution in [1.82, 2.24) is 5.32 Å². The maximum absolute atomic E-state index is 11.7. The Morgan fingerprint density at radius 2 is 1.80 bits per heavy atom. The fraction of sp³-hybridized carbons (Fsp3) is 1.00. The molecule has 0 aliphatic rings. The summed E-state index contributed by atoms with van der Waals surface area (Å²) in [5.41, 5.74) is 0. The molecule has 0 saturated carbocycles. The van der Waals surface area contributed by atoms with Gasteiger partial charge < -0.3 is 5.32 Å². The number of hydrogen-bond donors (Lipinski definition) is 1. The van der Waals surface area contributed by atoms with Crippen LogP contribution in [0.5, 0.6) is 0 Å². The van der Waals surface area contributed by atoms with Gasteiger partial charge in [-0.2, -0.15) is 0 Å². The van der Waals surface area contributed by atoms with Gasteiger partial charge >= 0.3 is 0 Å². The summed E-state index contributed by atoms with van der Waals surface area (Å²) in [4.78, 5) is 0. The van der Waals surface area contributed by atoms with E-state index >= 15 is 0 Å². The lowest BCUT2D eigenvalue weighted by Crippen LogP contribution is -2.35. The fourth-order valence-electron chi connectivity index (χ4n) is 1.01. The van der Waals surface area contributed by atoms with Crippen LogP contribution in [0, 0.1) is 5.92 Å². The largest absolute Gasteiger partial charge is 0.315 e. The molecule has 1 atom stereocenters. The van der Waals surface area contributed by atoms with Gasteiger partial charge in [-0.25, -0.2) is 8.42 Å². The standard InChI is InChI=1S/C11H25NO2S/c1-6-10(2)9-12-7-8-15(13,14)11(3,4)5/h10,12H,6-9H2,1-5H3. The summed E-state index contributed by atoms with van der Waals surface area (Å²) in [6.07, 6.45) is 1.12. The van der Waals surface area contributed by atoms with E-state index in [4.69, 9.17) is 0 Å². The Morgan fingerprint density at radius 3 is 2.20 bits per heavy atom. The summed E-state index contributed by atoms with van der Waals surface area (Å²) in [6, 6.07) is 0. The predicted octanol–water partition coefficient (Wildman–Crippen LogP) is 1.84. The van der Waals surface area contributed by atoms with Gasteiger partial charge in [-0.05, 0) is 33.2 Å². The van der Waals surface area contributed by atoms with Crippen LogP contribution in [0.2, 0.25) is 0 Å². The number of sulfone groups is 1. The van der Waals surface area contributed by atoms with Crippen LogP contribution in [-0.2, 0) is 9.84 Å². The number of rotatable bonds is 6. The van der Waals surface area contributed by atoms with Crippen molar-refractivity contribution in [2.45, 2.75) is 45.8 Å². The third kappa shape index (κ3) is 5.52. The van der Waals surface area contributed by atoms with Crippen LogP contribution in [0.1, 0.15) is 41.0 Å². The highest BCUT2D eigenvalue weighted by molar-refractivity contribution is 7.92. The first-order chi connectivity index (χ1) is 6.70. The summed E-state index contributed by atoms with van der Waals surface area (Å²) >= 11 is 0. The third-order valence-electron chi connectivity index (χ3n) is 2.67. The van der Waals surface area contributed by atoms with Gasteiger partial charge in [0.05, 0.1) is 10.5 Å². The van der Waals surface area contributed by atoms with E-state index in [0.717, 1.165) is 13.0 Å². The molecule has 0 amide bonds. The minimum Gasteiger partial charge on any atom is -0.315 e. The molecular weight excluding hydrogens is 210 g/mol. The van der Waals surface area contributed by atoms with Crippen molar-refractivity contribution in [3.8, 4) is 0 Å². The smallest absolute Gasteiger partial charge is 0.156 e. The van der Waals surface area contributed by atoms with Crippen molar-refractivity contribution < 1.29 is 8.42 Å². The van der Waals surface area contributed by atoms with Crippen molar-refractivity contribution in [2.24, 2.45) is 5.92 Å². The van der Waals surface area contributed by atoms with E-state index in [9.17, 15) is 8.42 Å². The van der Waals surface area contributed by atoms with Crippen LogP contribution in [-0.4, -0.2) is 32.0 Å². The van der Waals surface area contributed by atoms with E-state index in [1.165, 1.54) is 0 Å². The molecule has 3 nitrogen and oxygen atoms in total. The zero-order valence-electron chi connectivity index (χ0n) is 10.6. The molecular formula is C11H25NO2S. The van der Waals surface area contributed by atoms with Gasteiger partial charge in [0, 0.05) is 6.54 Å². The lowest BCUT2D eigenvalue weighted by Gasteiger charge is -2.19. The van der Waals surface area contributed by atoms with Crippen molar-refractivity contribution in [3.05, 3.63) is 0 Å². The number of hydrogen-bond acceptors (Lipinski definition) is 3. The third-order valence-corrected chi connectivity index (χ3v) is 5.28. The highest BCUT2D eigenvalue weighted by Crippen LogP contribution is 2.15. The van der Waals surface area contributed by atoms with Gasteiger partial charge in [-0.3, -0.25) is 0 Å². The van der Waals surface area contributed by atoms with Gasteiger partial charge in [-0.15, -0.1) is 0 Å². The molecule has 1 unspecified atom stereocenters. The van der Waals surface area contributed by atoms with Gasteiger partial charge in [0.2, 0.25) is 0 Å². The van der Waals surface area contributed by atoms with E-state index in [0.29, 0.717) is 12.5 Å². The van der Waals surface area contributed by atoms with Crippen molar-refractivity contribution in [3.63, 3.8) is 0 Å². The SMILES string of the molecule is CCC(C)CNCCS(=O)(=O)C(C)(C)C. The summed E-state index contributed by atoms with van der Waals surface area (Å²) < 4.78 is 22.8. The van der Waals surface area contributed by atoms with Crippen LogP contribution in [0.3, 0.4) is 0 Å². The second kappa shape index (κ2) is 5.85. The fourth-order valence-corrected chi connectivity index (χ4v) is 2.03. The van der Waals surface area contributed by atoms with E-state index in [2.05, 4.69) is 19.2 Å². The average molecular weight is 235 g/mol. The molecule has 0 heterocycles. The van der Waals surface area contributed by atoms with Crippen molar-refractivity contribution in [1.29, 1.82) is 0 Å². The Morgan fingerprint density at radius 1 is 1.27 bits per heavy atom. The van der Waals surface area contributed by atoms with Crippen LogP contribution >= 0.6 is 0 Å². The molecule has 0 spiro atoms. The molecule has 0 aromatic rings. The van der Waals surface area contributed by atoms with E-state index < -0.39 is 14.6 Å². The Kier molecular flexibility index (Phi) is 5.81. The Hall–Kier alpha value is -0.0900. The normalized spacial score (nSPS) is 15.3. The molecule has 92 valence electrons. The molecule has 0 rings (SSSR count). The quantitative estimate of drug-likeness (QED) is 0.715. The molecule has 4 heteroatoms. The van der Waals surface area contributed by atoms with Crippen LogP contribution in [0.25, 0.3) is 0 Å². The minimum absolute atomic E-state index is 0.229. The maximum Gasteiger partial charge on any atom is 0.156 e. The molecule has 0 saturated heterocycles. The van der Waals surface area contributed by atoms with Crippen molar-refractivity contribution in [2.75, 3.05) is 18.8 Å². The van der Waals surface area contributed by atoms with Crippen molar-refractivity contribution >= 4 is 9.84 Å². The van der Waals surface area contributed by atoms with Gasteiger partial charge in [0.1, 0.15) is 0 Å². The molecule has 0 fully saturated rings. The highest BCUT2D eigenvalue weighted by Gasteiger charge is 2.27. The Balaban J connectivity index is 3.88. The first-order valence-corrected chi connectivity index (χ1v) is 7.29. The Labute approximate surface area is 94.6 Å². The lowest BCUT2D eigenvalue weighted by atomic mass is 10.1. The minimum atomic E-state index is -2.96. The highest BCUT2D eigenvalue weighted by atomic mass is 32.2. The van der Waals surface area contributed by atoms with Crippen LogP contribution in [0.4, 0.5) is 0 Å². The average Bonchev–Trinajstić information content (AvgIpc) is 2.10. The monoisotopic (exact) mass is 235 g/mol. The predicted molar refractivity (Wildman–Crippen MR) is 65.9 cm³/mol. The lowest BCUT2D eigenvalue weighted by molar-refractivity contribution is 0.505. The Bertz CT molecular complexity index is 265. The maximum atomic E-state index is 11.7. The molecule has 0 aliphatic heterocycles. The van der Waals surface area contributed by atoms with E-state index in [1.54, 1.807) is 20.8 Å². The molecule has 0 aromatic carbocycles. The van der Waals surface area contributed by atoms with Crippen LogP contribution in [0.15, 0.2) is 0 Å². The first-order valence-electron chi connectivity index (χ1n) is 5.63. The number of nitrogens with one attached hydrogen (secondary N) is 1. The van der Waals surface area contributed by atoms with Gasteiger partial charge in [-0.1, -0.05) is 20.3 Å². The summed E-state index contributed by atoms with van der Waals surface area (Å²) in [5.74, 6) is 0.842. The zero-order valence-corrected chi connectivity index (χ0v) is 11.4. The van der Waals surface area contributed by atoms with Gasteiger partial charge in [0.25, 0.3) is 0 Å². The van der Waals surface area contributed by atoms with Crippen LogP contribution < -0.4 is 5.32 Å². The second-order valence-electron chi connectivity index (χ2n) is 5.15. The zero-order chi connectivity index (χ0) is 12.1. The summed E-state index contributed by atoms with van der Waals surface area (Å²) in [5, 5.41) is 3.19. The summed E-state index contributed by atoms with van der Waals surface area (Å²) in [6.45, 7) is 11.0. The molecule has 15 heavy (non-hydrogen) atoms. The van der Waals surface area contributed by atoms with Gasteiger partial charge in [0.15, 0.2) is 9.84 Å². The second-order valence-corrected chi connectivity index (χ2v) is 8.01. The molecule has 0 aliphatic carbocycles. The topological polar surface area (TPSA) is 46.2 Å². The molecule has 0 radical (unpaired) electrons. The summed E-state index contributed by atoms with van der Waals surface area (Å²) in [7, 11) is -2.96. The molecule has 0 bridgehead atoms.